The Balaban J connectivity index is 1.31. The molecular weight excluding hydrogens is 540 g/mol. The average molecular weight is 571 g/mol. The molecule has 208 valence electrons. The lowest BCUT2D eigenvalue weighted by Gasteiger charge is -2.35. The third-order valence-corrected chi connectivity index (χ3v) is 8.77. The van der Waals surface area contributed by atoms with Crippen molar-refractivity contribution in [3.63, 3.8) is 0 Å². The zero-order valence-electron chi connectivity index (χ0n) is 23.1. The number of hydrogen-bond donors (Lipinski definition) is 1. The Morgan fingerprint density at radius 3 is 1.81 bits per heavy atom. The summed E-state index contributed by atoms with van der Waals surface area (Å²) >= 11 is 1.81. The molecule has 1 aromatic heterocycles. The van der Waals surface area contributed by atoms with Crippen molar-refractivity contribution in [2.75, 3.05) is 12.4 Å². The molecule has 6 rings (SSSR count). The number of aromatic nitrogens is 1. The molecular formula is C36H30N2O3S. The van der Waals surface area contributed by atoms with E-state index in [1.54, 1.807) is 11.8 Å². The molecule has 1 heterocycles. The minimum Gasteiger partial charge on any atom is -0.467 e. The van der Waals surface area contributed by atoms with Gasteiger partial charge >= 0.3 is 5.97 Å². The highest BCUT2D eigenvalue weighted by Crippen LogP contribution is 2.51. The summed E-state index contributed by atoms with van der Waals surface area (Å²) in [6.07, 6.45) is 0.414. The van der Waals surface area contributed by atoms with Crippen LogP contribution in [0.15, 0.2) is 149 Å². The van der Waals surface area contributed by atoms with Gasteiger partial charge in [-0.3, -0.25) is 0 Å². The zero-order valence-corrected chi connectivity index (χ0v) is 24.0. The molecule has 42 heavy (non-hydrogen) atoms. The second-order valence-electron chi connectivity index (χ2n) is 9.94. The average Bonchev–Trinajstić information content (AvgIpc) is 3.47. The summed E-state index contributed by atoms with van der Waals surface area (Å²) < 4.78 is 10.4. The number of rotatable bonds is 10. The molecule has 0 bridgehead atoms. The number of carbonyl (C=O) groups is 1. The van der Waals surface area contributed by atoms with Gasteiger partial charge in [-0.25, -0.2) is 4.79 Å². The fraction of sp³-hybridized carbons (Fsp3) is 0.111. The van der Waals surface area contributed by atoms with E-state index in [-0.39, 0.29) is 12.0 Å². The Hall–Kier alpha value is -4.81. The number of anilines is 1. The Morgan fingerprint density at radius 1 is 0.762 bits per heavy atom. The molecule has 1 atom stereocenters. The highest BCUT2D eigenvalue weighted by molar-refractivity contribution is 8.00. The van der Waals surface area contributed by atoms with Crippen molar-refractivity contribution >= 4 is 34.8 Å². The van der Waals surface area contributed by atoms with Crippen LogP contribution >= 0.6 is 11.8 Å². The fourth-order valence-electron chi connectivity index (χ4n) is 5.22. The molecule has 6 heteroatoms. The minimum absolute atomic E-state index is 0.289. The summed E-state index contributed by atoms with van der Waals surface area (Å²) in [5.74, 6) is -0.382. The number of hydrogen-bond acceptors (Lipinski definition) is 6. The summed E-state index contributed by atoms with van der Waals surface area (Å²) in [5.41, 5.74) is 5.97. The van der Waals surface area contributed by atoms with Gasteiger partial charge in [0.2, 0.25) is 0 Å². The van der Waals surface area contributed by atoms with E-state index < -0.39 is 10.8 Å². The highest BCUT2D eigenvalue weighted by Gasteiger charge is 2.37. The van der Waals surface area contributed by atoms with E-state index in [2.05, 4.69) is 126 Å². The van der Waals surface area contributed by atoms with Crippen LogP contribution in [0.5, 0.6) is 0 Å². The van der Waals surface area contributed by atoms with Gasteiger partial charge in [0.1, 0.15) is 11.6 Å². The van der Waals surface area contributed by atoms with E-state index in [1.807, 2.05) is 24.3 Å². The van der Waals surface area contributed by atoms with Gasteiger partial charge in [-0.1, -0.05) is 115 Å². The van der Waals surface area contributed by atoms with Crippen LogP contribution in [-0.2, 0) is 20.7 Å². The maximum atomic E-state index is 12.7. The lowest BCUT2D eigenvalue weighted by Crippen LogP contribution is -2.33. The molecule has 0 aliphatic heterocycles. The Kier molecular flexibility index (Phi) is 8.06. The van der Waals surface area contributed by atoms with Crippen molar-refractivity contribution in [2.45, 2.75) is 22.1 Å². The molecule has 5 aromatic carbocycles. The predicted molar refractivity (Wildman–Crippen MR) is 169 cm³/mol. The molecule has 5 nitrogen and oxygen atoms in total. The van der Waals surface area contributed by atoms with Crippen LogP contribution in [0.1, 0.15) is 22.3 Å². The van der Waals surface area contributed by atoms with Crippen molar-refractivity contribution in [1.82, 2.24) is 4.98 Å². The first-order valence-corrected chi connectivity index (χ1v) is 14.6. The second kappa shape index (κ2) is 12.4. The highest BCUT2D eigenvalue weighted by atomic mass is 32.2. The first-order valence-electron chi connectivity index (χ1n) is 13.8. The minimum atomic E-state index is -0.654. The number of ether oxygens (including phenoxy) is 1. The van der Waals surface area contributed by atoms with E-state index in [0.717, 1.165) is 16.0 Å². The van der Waals surface area contributed by atoms with Crippen LogP contribution in [0.3, 0.4) is 0 Å². The van der Waals surface area contributed by atoms with Crippen LogP contribution in [0.25, 0.3) is 11.1 Å². The maximum Gasteiger partial charge on any atom is 0.328 e. The number of para-hydroxylation sites is 2. The van der Waals surface area contributed by atoms with Gasteiger partial charge in [-0.15, -0.1) is 11.8 Å². The van der Waals surface area contributed by atoms with E-state index in [9.17, 15) is 4.79 Å². The monoisotopic (exact) mass is 570 g/mol. The van der Waals surface area contributed by atoms with Gasteiger partial charge in [-0.2, -0.15) is 4.98 Å². The summed E-state index contributed by atoms with van der Waals surface area (Å²) in [7, 11) is 1.39. The van der Waals surface area contributed by atoms with Crippen molar-refractivity contribution in [3.8, 4) is 0 Å². The number of esters is 1. The van der Waals surface area contributed by atoms with Crippen molar-refractivity contribution < 1.29 is 13.9 Å². The Morgan fingerprint density at radius 2 is 1.29 bits per heavy atom. The second-order valence-corrected chi connectivity index (χ2v) is 11.2. The molecule has 0 aliphatic rings. The number of benzene rings is 5. The predicted octanol–water partition coefficient (Wildman–Crippen LogP) is 8.11. The van der Waals surface area contributed by atoms with Crippen LogP contribution in [-0.4, -0.2) is 24.1 Å². The van der Waals surface area contributed by atoms with E-state index in [0.29, 0.717) is 12.0 Å². The number of thioether (sulfide) groups is 1. The van der Waals surface area contributed by atoms with Crippen molar-refractivity contribution in [2.24, 2.45) is 0 Å². The molecule has 0 radical (unpaired) electrons. The molecule has 0 aliphatic carbocycles. The lowest BCUT2D eigenvalue weighted by atomic mass is 9.84. The van der Waals surface area contributed by atoms with Gasteiger partial charge in [0, 0.05) is 11.3 Å². The molecule has 0 saturated heterocycles. The van der Waals surface area contributed by atoms with Gasteiger partial charge in [0.15, 0.2) is 5.58 Å². The molecule has 6 aromatic rings. The first-order chi connectivity index (χ1) is 20.7. The van der Waals surface area contributed by atoms with Crippen molar-refractivity contribution in [3.05, 3.63) is 162 Å². The third kappa shape index (κ3) is 5.67. The number of nitrogens with zero attached hydrogens (tertiary/aromatic N) is 1. The first kappa shape index (κ1) is 27.4. The normalized spacial score (nSPS) is 12.1. The van der Waals surface area contributed by atoms with Crippen LogP contribution in [0, 0.1) is 0 Å². The molecule has 0 fully saturated rings. The number of methoxy groups -OCH3 is 1. The lowest BCUT2D eigenvalue weighted by molar-refractivity contribution is -0.141. The summed E-state index contributed by atoms with van der Waals surface area (Å²) in [4.78, 5) is 18.3. The number of carbonyl (C=O) groups excluding carboxylic acids is 1. The smallest absolute Gasteiger partial charge is 0.328 e. The third-order valence-electron chi connectivity index (χ3n) is 7.25. The fourth-order valence-corrected chi connectivity index (χ4v) is 6.61. The molecule has 0 amide bonds. The van der Waals surface area contributed by atoms with Gasteiger partial charge < -0.3 is 14.5 Å². The number of oxazole rings is 1. The quantitative estimate of drug-likeness (QED) is 0.102. The molecule has 0 saturated carbocycles. The standard InChI is InChI=1S/C36H30N2O3S/c1-40-34(39)32(38-35-37-31-19-11-12-20-33(31)41-35)25-26-21-23-30(24-22-26)42-36(27-13-5-2-6-14-27,28-15-7-3-8-16-28)29-17-9-4-10-18-29/h2-24,32H,25H2,1H3,(H,37,38)/t32-/m0/s1. The van der Waals surface area contributed by atoms with Gasteiger partial charge in [0.25, 0.3) is 6.01 Å². The molecule has 0 spiro atoms. The Bertz CT molecular complexity index is 1620. The van der Waals surface area contributed by atoms with Crippen molar-refractivity contribution in [1.29, 1.82) is 0 Å². The van der Waals surface area contributed by atoms with E-state index in [4.69, 9.17) is 9.15 Å². The van der Waals surface area contributed by atoms with Crippen LogP contribution in [0.4, 0.5) is 6.01 Å². The van der Waals surface area contributed by atoms with Crippen LogP contribution in [0.2, 0.25) is 0 Å². The number of nitrogens with one attached hydrogen (secondary N) is 1. The van der Waals surface area contributed by atoms with Gasteiger partial charge in [-0.05, 0) is 46.5 Å². The van der Waals surface area contributed by atoms with E-state index >= 15 is 0 Å². The largest absolute Gasteiger partial charge is 0.467 e. The van der Waals surface area contributed by atoms with E-state index in [1.165, 1.54) is 23.8 Å². The maximum absolute atomic E-state index is 12.7. The molecule has 1 N–H and O–H groups in total. The Labute approximate surface area is 249 Å². The molecule has 0 unspecified atom stereocenters. The number of fused-ring (bicyclic) bond motifs is 1. The van der Waals surface area contributed by atoms with Crippen LogP contribution < -0.4 is 5.32 Å². The topological polar surface area (TPSA) is 64.4 Å². The summed E-state index contributed by atoms with van der Waals surface area (Å²) in [5, 5.41) is 3.13. The van der Waals surface area contributed by atoms with Gasteiger partial charge in [0.05, 0.1) is 11.9 Å². The zero-order chi connectivity index (χ0) is 28.8. The summed E-state index contributed by atoms with van der Waals surface area (Å²) in [6, 6.07) is 47.4. The summed E-state index contributed by atoms with van der Waals surface area (Å²) in [6.45, 7) is 0. The SMILES string of the molecule is COC(=O)[C@H](Cc1ccc(SC(c2ccccc2)(c2ccccc2)c2ccccc2)cc1)Nc1nc2ccccc2o1.